The van der Waals surface area contributed by atoms with E-state index in [2.05, 4.69) is 17.6 Å². The summed E-state index contributed by atoms with van der Waals surface area (Å²) in [5, 5.41) is 6.26. The highest BCUT2D eigenvalue weighted by atomic mass is 16.1. The summed E-state index contributed by atoms with van der Waals surface area (Å²) in [6.45, 7) is 4.85. The first-order valence-electron chi connectivity index (χ1n) is 7.30. The van der Waals surface area contributed by atoms with Crippen molar-refractivity contribution in [1.82, 2.24) is 10.6 Å². The standard InChI is InChI=1S/C14H28N2O/c1-2-10-15-11-12-16-14(17)9-8-13-6-4-3-5-7-13/h13,15H,2-12H2,1H3,(H,16,17). The minimum Gasteiger partial charge on any atom is -0.355 e. The normalized spacial score (nSPS) is 17.0. The van der Waals surface area contributed by atoms with Crippen molar-refractivity contribution in [3.63, 3.8) is 0 Å². The van der Waals surface area contributed by atoms with Crippen LogP contribution in [0.15, 0.2) is 0 Å². The van der Waals surface area contributed by atoms with Crippen LogP contribution >= 0.6 is 0 Å². The first kappa shape index (κ1) is 14.5. The van der Waals surface area contributed by atoms with E-state index in [1.54, 1.807) is 0 Å². The minimum absolute atomic E-state index is 0.230. The summed E-state index contributed by atoms with van der Waals surface area (Å²) in [5.41, 5.74) is 0. The lowest BCUT2D eigenvalue weighted by molar-refractivity contribution is -0.121. The second-order valence-corrected chi connectivity index (χ2v) is 5.14. The lowest BCUT2D eigenvalue weighted by atomic mass is 9.86. The zero-order valence-corrected chi connectivity index (χ0v) is 11.3. The van der Waals surface area contributed by atoms with Crippen molar-refractivity contribution in [2.45, 2.75) is 58.3 Å². The predicted molar refractivity (Wildman–Crippen MR) is 72.0 cm³/mol. The number of carbonyl (C=O) groups is 1. The molecule has 3 nitrogen and oxygen atoms in total. The molecule has 0 aromatic carbocycles. The molecule has 0 spiro atoms. The van der Waals surface area contributed by atoms with E-state index >= 15 is 0 Å². The molecule has 0 saturated heterocycles. The Morgan fingerprint density at radius 2 is 1.88 bits per heavy atom. The molecule has 0 unspecified atom stereocenters. The van der Waals surface area contributed by atoms with Gasteiger partial charge in [-0.1, -0.05) is 39.0 Å². The predicted octanol–water partition coefficient (Wildman–Crippen LogP) is 2.46. The molecule has 0 heterocycles. The monoisotopic (exact) mass is 240 g/mol. The Labute approximate surface area is 106 Å². The molecule has 3 heteroatoms. The fourth-order valence-corrected chi connectivity index (χ4v) is 2.49. The molecular weight excluding hydrogens is 212 g/mol. The molecule has 1 fully saturated rings. The summed E-state index contributed by atoms with van der Waals surface area (Å²) in [5.74, 6) is 1.04. The zero-order valence-electron chi connectivity index (χ0n) is 11.3. The molecule has 1 rings (SSSR count). The van der Waals surface area contributed by atoms with Gasteiger partial charge in [-0.05, 0) is 25.3 Å². The van der Waals surface area contributed by atoms with Gasteiger partial charge in [0.25, 0.3) is 0 Å². The third-order valence-electron chi connectivity index (χ3n) is 3.56. The van der Waals surface area contributed by atoms with Gasteiger partial charge < -0.3 is 10.6 Å². The molecule has 1 amide bonds. The van der Waals surface area contributed by atoms with Gasteiger partial charge in [-0.15, -0.1) is 0 Å². The van der Waals surface area contributed by atoms with Crippen LogP contribution in [0.3, 0.4) is 0 Å². The van der Waals surface area contributed by atoms with Gasteiger partial charge in [0.1, 0.15) is 0 Å². The molecule has 2 N–H and O–H groups in total. The van der Waals surface area contributed by atoms with Crippen LogP contribution in [-0.2, 0) is 4.79 Å². The van der Waals surface area contributed by atoms with Crippen molar-refractivity contribution in [2.75, 3.05) is 19.6 Å². The number of carbonyl (C=O) groups excluding carboxylic acids is 1. The van der Waals surface area contributed by atoms with E-state index in [0.717, 1.165) is 44.8 Å². The van der Waals surface area contributed by atoms with Gasteiger partial charge in [0.05, 0.1) is 0 Å². The van der Waals surface area contributed by atoms with Gasteiger partial charge in [-0.2, -0.15) is 0 Å². The summed E-state index contributed by atoms with van der Waals surface area (Å²) in [7, 11) is 0. The van der Waals surface area contributed by atoms with E-state index < -0.39 is 0 Å². The third-order valence-corrected chi connectivity index (χ3v) is 3.56. The molecule has 100 valence electrons. The summed E-state index contributed by atoms with van der Waals surface area (Å²) in [4.78, 5) is 11.6. The molecule has 0 radical (unpaired) electrons. The smallest absolute Gasteiger partial charge is 0.220 e. The highest BCUT2D eigenvalue weighted by molar-refractivity contribution is 5.75. The summed E-state index contributed by atoms with van der Waals surface area (Å²) in [6, 6.07) is 0. The van der Waals surface area contributed by atoms with E-state index in [0.29, 0.717) is 0 Å². The van der Waals surface area contributed by atoms with Gasteiger partial charge in [0, 0.05) is 19.5 Å². The van der Waals surface area contributed by atoms with Gasteiger partial charge in [0.15, 0.2) is 0 Å². The van der Waals surface area contributed by atoms with Crippen molar-refractivity contribution in [2.24, 2.45) is 5.92 Å². The van der Waals surface area contributed by atoms with Gasteiger partial charge in [-0.25, -0.2) is 0 Å². The highest BCUT2D eigenvalue weighted by Gasteiger charge is 2.14. The van der Waals surface area contributed by atoms with E-state index in [4.69, 9.17) is 0 Å². The number of nitrogens with one attached hydrogen (secondary N) is 2. The van der Waals surface area contributed by atoms with Gasteiger partial charge >= 0.3 is 0 Å². The average Bonchev–Trinajstić information content (AvgIpc) is 2.37. The van der Waals surface area contributed by atoms with Gasteiger partial charge in [0.2, 0.25) is 5.91 Å². The maximum atomic E-state index is 11.6. The topological polar surface area (TPSA) is 41.1 Å². The van der Waals surface area contributed by atoms with Crippen molar-refractivity contribution < 1.29 is 4.79 Å². The second kappa shape index (κ2) is 9.46. The lowest BCUT2D eigenvalue weighted by Crippen LogP contribution is -2.32. The van der Waals surface area contributed by atoms with Crippen LogP contribution < -0.4 is 10.6 Å². The highest BCUT2D eigenvalue weighted by Crippen LogP contribution is 2.26. The molecule has 1 saturated carbocycles. The first-order valence-corrected chi connectivity index (χ1v) is 7.30. The lowest BCUT2D eigenvalue weighted by Gasteiger charge is -2.20. The van der Waals surface area contributed by atoms with Crippen LogP contribution in [0.25, 0.3) is 0 Å². The average molecular weight is 240 g/mol. The number of rotatable bonds is 8. The second-order valence-electron chi connectivity index (χ2n) is 5.14. The maximum Gasteiger partial charge on any atom is 0.220 e. The molecule has 0 aliphatic heterocycles. The Morgan fingerprint density at radius 1 is 1.12 bits per heavy atom. The number of hydrogen-bond donors (Lipinski definition) is 2. The number of hydrogen-bond acceptors (Lipinski definition) is 2. The Balaban J connectivity index is 1.93. The van der Waals surface area contributed by atoms with Crippen LogP contribution in [0.2, 0.25) is 0 Å². The number of amides is 1. The van der Waals surface area contributed by atoms with Crippen LogP contribution in [0, 0.1) is 5.92 Å². The Kier molecular flexibility index (Phi) is 8.06. The molecule has 0 aromatic heterocycles. The Bertz CT molecular complexity index is 200. The van der Waals surface area contributed by atoms with E-state index in [1.165, 1.54) is 32.1 Å². The fourth-order valence-electron chi connectivity index (χ4n) is 2.49. The van der Waals surface area contributed by atoms with Gasteiger partial charge in [-0.3, -0.25) is 4.79 Å². The van der Waals surface area contributed by atoms with Crippen molar-refractivity contribution in [3.8, 4) is 0 Å². The summed E-state index contributed by atoms with van der Waals surface area (Å²) >= 11 is 0. The van der Waals surface area contributed by atoms with Crippen molar-refractivity contribution >= 4 is 5.91 Å². The minimum atomic E-state index is 0.230. The van der Waals surface area contributed by atoms with Crippen LogP contribution in [0.4, 0.5) is 0 Å². The molecule has 0 bridgehead atoms. The molecule has 1 aliphatic carbocycles. The van der Waals surface area contributed by atoms with Crippen LogP contribution in [-0.4, -0.2) is 25.5 Å². The summed E-state index contributed by atoms with van der Waals surface area (Å²) < 4.78 is 0. The Hall–Kier alpha value is -0.570. The van der Waals surface area contributed by atoms with E-state index in [1.807, 2.05) is 0 Å². The Morgan fingerprint density at radius 3 is 2.59 bits per heavy atom. The van der Waals surface area contributed by atoms with Crippen molar-refractivity contribution in [1.29, 1.82) is 0 Å². The van der Waals surface area contributed by atoms with Crippen LogP contribution in [0.1, 0.15) is 58.3 Å². The first-order chi connectivity index (χ1) is 8.33. The van der Waals surface area contributed by atoms with Crippen molar-refractivity contribution in [3.05, 3.63) is 0 Å². The molecule has 17 heavy (non-hydrogen) atoms. The fraction of sp³-hybridized carbons (Fsp3) is 0.929. The van der Waals surface area contributed by atoms with E-state index in [-0.39, 0.29) is 5.91 Å². The SMILES string of the molecule is CCCNCCNC(=O)CCC1CCCCC1. The molecular formula is C14H28N2O. The summed E-state index contributed by atoms with van der Waals surface area (Å²) in [6.07, 6.45) is 9.77. The molecule has 0 atom stereocenters. The zero-order chi connectivity index (χ0) is 12.3. The third kappa shape index (κ3) is 7.37. The largest absolute Gasteiger partial charge is 0.355 e. The molecule has 1 aliphatic rings. The van der Waals surface area contributed by atoms with Crippen LogP contribution in [0.5, 0.6) is 0 Å². The van der Waals surface area contributed by atoms with E-state index in [9.17, 15) is 4.79 Å². The quantitative estimate of drug-likeness (QED) is 0.640. The molecule has 0 aromatic rings. The maximum absolute atomic E-state index is 11.6.